The molecule has 1 aromatic heterocycles. The highest BCUT2D eigenvalue weighted by Gasteiger charge is 2.05. The molecule has 0 radical (unpaired) electrons. The molecule has 1 rings (SSSR count). The summed E-state index contributed by atoms with van der Waals surface area (Å²) in [4.78, 5) is 10.5. The summed E-state index contributed by atoms with van der Waals surface area (Å²) in [6.45, 7) is 0. The first-order valence-electron chi connectivity index (χ1n) is 2.95. The molecule has 0 aliphatic carbocycles. The molecule has 0 bridgehead atoms. The van der Waals surface area contributed by atoms with Gasteiger partial charge in [-0.2, -0.15) is 4.39 Å². The van der Waals surface area contributed by atoms with Crippen LogP contribution >= 0.6 is 22.9 Å². The number of thiophene rings is 1. The van der Waals surface area contributed by atoms with E-state index in [1.807, 2.05) is 0 Å². The molecule has 1 heterocycles. The minimum absolute atomic E-state index is 0.486. The van der Waals surface area contributed by atoms with Gasteiger partial charge in [0.15, 0.2) is 0 Å². The number of carboxylic acids is 1. The van der Waals surface area contributed by atoms with Gasteiger partial charge in [-0.15, -0.1) is 11.3 Å². The van der Waals surface area contributed by atoms with Crippen molar-refractivity contribution in [1.82, 2.24) is 0 Å². The van der Waals surface area contributed by atoms with Gasteiger partial charge in [-0.3, -0.25) is 0 Å². The summed E-state index contributed by atoms with van der Waals surface area (Å²) in [7, 11) is 0. The smallest absolute Gasteiger partial charge is 0.364 e. The molecule has 64 valence electrons. The molecular weight excluding hydrogens is 203 g/mol. The predicted molar refractivity (Wildman–Crippen MR) is 46.0 cm³/mol. The van der Waals surface area contributed by atoms with E-state index >= 15 is 0 Å². The fourth-order valence-corrected chi connectivity index (χ4v) is 1.58. The molecule has 0 aromatic carbocycles. The molecule has 0 amide bonds. The summed E-state index contributed by atoms with van der Waals surface area (Å²) >= 11 is 6.66. The van der Waals surface area contributed by atoms with Gasteiger partial charge in [-0.25, -0.2) is 4.79 Å². The van der Waals surface area contributed by atoms with Crippen LogP contribution in [0, 0.1) is 0 Å². The van der Waals surface area contributed by atoms with E-state index in [2.05, 4.69) is 0 Å². The van der Waals surface area contributed by atoms with Gasteiger partial charge in [0.25, 0.3) is 0 Å². The fraction of sp³-hybridized carbons (Fsp3) is 0. The van der Waals surface area contributed by atoms with E-state index in [1.165, 1.54) is 0 Å². The first kappa shape index (κ1) is 9.22. The monoisotopic (exact) mass is 206 g/mol. The van der Waals surface area contributed by atoms with E-state index in [9.17, 15) is 9.18 Å². The lowest BCUT2D eigenvalue weighted by atomic mass is 10.4. The van der Waals surface area contributed by atoms with Crippen LogP contribution in [-0.2, 0) is 4.79 Å². The third kappa shape index (κ3) is 2.32. The van der Waals surface area contributed by atoms with Crippen molar-refractivity contribution in [2.75, 3.05) is 0 Å². The van der Waals surface area contributed by atoms with Crippen molar-refractivity contribution >= 4 is 35.0 Å². The van der Waals surface area contributed by atoms with Gasteiger partial charge in [0, 0.05) is 4.88 Å². The Morgan fingerprint density at radius 3 is 2.75 bits per heavy atom. The Balaban J connectivity index is 2.87. The molecule has 0 saturated heterocycles. The van der Waals surface area contributed by atoms with E-state index in [0.29, 0.717) is 9.21 Å². The van der Waals surface area contributed by atoms with Crippen LogP contribution in [0.25, 0.3) is 6.08 Å². The SMILES string of the molecule is O=C(O)C(F)=Cc1ccc(Cl)s1. The predicted octanol–water partition coefficient (Wildman–Crippen LogP) is 2.80. The maximum Gasteiger partial charge on any atom is 0.364 e. The summed E-state index contributed by atoms with van der Waals surface area (Å²) in [5.74, 6) is -2.76. The molecule has 2 nitrogen and oxygen atoms in total. The highest BCUT2D eigenvalue weighted by molar-refractivity contribution is 7.17. The van der Waals surface area contributed by atoms with Crippen LogP contribution in [0.1, 0.15) is 4.88 Å². The molecular formula is C7H4ClFO2S. The van der Waals surface area contributed by atoms with Crippen molar-refractivity contribution in [2.24, 2.45) is 0 Å². The first-order chi connectivity index (χ1) is 5.59. The van der Waals surface area contributed by atoms with Crippen molar-refractivity contribution in [2.45, 2.75) is 0 Å². The Kier molecular flexibility index (Phi) is 2.83. The Bertz CT molecular complexity index is 332. The molecule has 0 atom stereocenters. The highest BCUT2D eigenvalue weighted by atomic mass is 35.5. The highest BCUT2D eigenvalue weighted by Crippen LogP contribution is 2.23. The van der Waals surface area contributed by atoms with Gasteiger partial charge in [-0.1, -0.05) is 11.6 Å². The van der Waals surface area contributed by atoms with Gasteiger partial charge in [0.1, 0.15) is 0 Å². The maximum atomic E-state index is 12.4. The number of carboxylic acid groups (broad SMARTS) is 1. The van der Waals surface area contributed by atoms with Crippen molar-refractivity contribution in [3.8, 4) is 0 Å². The lowest BCUT2D eigenvalue weighted by Crippen LogP contribution is -1.93. The van der Waals surface area contributed by atoms with Crippen LogP contribution in [0.2, 0.25) is 4.34 Å². The lowest BCUT2D eigenvalue weighted by molar-refractivity contribution is -0.134. The average molecular weight is 207 g/mol. The summed E-state index contributed by atoms with van der Waals surface area (Å²) in [5.41, 5.74) is 0. The quantitative estimate of drug-likeness (QED) is 0.756. The molecule has 0 saturated carbocycles. The molecule has 12 heavy (non-hydrogen) atoms. The number of hydrogen-bond acceptors (Lipinski definition) is 2. The summed E-state index contributed by atoms with van der Waals surface area (Å²) in [6.07, 6.45) is 0.929. The number of rotatable bonds is 2. The zero-order chi connectivity index (χ0) is 9.14. The molecule has 0 fully saturated rings. The lowest BCUT2D eigenvalue weighted by Gasteiger charge is -1.85. The second kappa shape index (κ2) is 3.69. The van der Waals surface area contributed by atoms with E-state index in [1.54, 1.807) is 12.1 Å². The Morgan fingerprint density at radius 2 is 2.33 bits per heavy atom. The molecule has 1 N–H and O–H groups in total. The van der Waals surface area contributed by atoms with Crippen LogP contribution in [-0.4, -0.2) is 11.1 Å². The Labute approximate surface area is 76.9 Å². The third-order valence-corrected chi connectivity index (χ3v) is 2.25. The van der Waals surface area contributed by atoms with Gasteiger partial charge >= 0.3 is 5.97 Å². The van der Waals surface area contributed by atoms with Gasteiger partial charge in [0.05, 0.1) is 4.34 Å². The summed E-state index contributed by atoms with van der Waals surface area (Å²) in [5, 5.41) is 8.18. The topological polar surface area (TPSA) is 37.3 Å². The van der Waals surface area contributed by atoms with Crippen molar-refractivity contribution < 1.29 is 14.3 Å². The normalized spacial score (nSPS) is 11.7. The molecule has 0 unspecified atom stereocenters. The van der Waals surface area contributed by atoms with Crippen molar-refractivity contribution in [3.63, 3.8) is 0 Å². The number of carbonyl (C=O) groups is 1. The standard InChI is InChI=1S/C7H4ClFO2S/c8-6-2-1-4(12-6)3-5(9)7(10)11/h1-3H,(H,10,11). The van der Waals surface area contributed by atoms with E-state index < -0.39 is 11.8 Å². The van der Waals surface area contributed by atoms with Crippen LogP contribution < -0.4 is 0 Å². The molecule has 0 aliphatic rings. The average Bonchev–Trinajstić information content (AvgIpc) is 2.35. The summed E-state index contributed by atoms with van der Waals surface area (Å²) in [6, 6.07) is 3.13. The van der Waals surface area contributed by atoms with E-state index in [-0.39, 0.29) is 0 Å². The zero-order valence-corrected chi connectivity index (χ0v) is 7.32. The van der Waals surface area contributed by atoms with Gasteiger partial charge in [0.2, 0.25) is 5.83 Å². The zero-order valence-electron chi connectivity index (χ0n) is 5.75. The van der Waals surface area contributed by atoms with Crippen LogP contribution in [0.4, 0.5) is 4.39 Å². The molecule has 5 heteroatoms. The van der Waals surface area contributed by atoms with Crippen molar-refractivity contribution in [1.29, 1.82) is 0 Å². The summed E-state index contributed by atoms with van der Waals surface area (Å²) < 4.78 is 12.9. The van der Waals surface area contributed by atoms with Gasteiger partial charge in [-0.05, 0) is 18.2 Å². The molecule has 1 aromatic rings. The minimum Gasteiger partial charge on any atom is -0.476 e. The Morgan fingerprint density at radius 1 is 1.67 bits per heavy atom. The maximum absolute atomic E-state index is 12.4. The Hall–Kier alpha value is -0.870. The molecule has 0 aliphatic heterocycles. The van der Waals surface area contributed by atoms with E-state index in [4.69, 9.17) is 16.7 Å². The number of halogens is 2. The third-order valence-electron chi connectivity index (χ3n) is 1.07. The first-order valence-corrected chi connectivity index (χ1v) is 4.15. The van der Waals surface area contributed by atoms with Crippen LogP contribution in [0.3, 0.4) is 0 Å². The second-order valence-corrected chi connectivity index (χ2v) is 3.69. The second-order valence-electron chi connectivity index (χ2n) is 1.94. The molecule has 0 spiro atoms. The number of aliphatic carboxylic acids is 1. The largest absolute Gasteiger partial charge is 0.476 e. The van der Waals surface area contributed by atoms with Crippen LogP contribution in [0.15, 0.2) is 18.0 Å². The minimum atomic E-state index is -1.57. The van der Waals surface area contributed by atoms with E-state index in [0.717, 1.165) is 17.4 Å². The fourth-order valence-electron chi connectivity index (χ4n) is 0.592. The van der Waals surface area contributed by atoms with Crippen molar-refractivity contribution in [3.05, 3.63) is 27.2 Å². The van der Waals surface area contributed by atoms with Gasteiger partial charge < -0.3 is 5.11 Å². The van der Waals surface area contributed by atoms with Crippen LogP contribution in [0.5, 0.6) is 0 Å². The number of hydrogen-bond donors (Lipinski definition) is 1.